The van der Waals surface area contributed by atoms with E-state index >= 15 is 0 Å². The SMILES string of the molecule is CC(C)(C)C(N)c1nc(-c2cccc([N+](=O)[O-])c2)no1. The molecule has 2 rings (SSSR count). The minimum atomic E-state index is -0.467. The number of rotatable bonds is 3. The van der Waals surface area contributed by atoms with E-state index in [2.05, 4.69) is 10.1 Å². The molecule has 7 nitrogen and oxygen atoms in total. The zero-order valence-electron chi connectivity index (χ0n) is 11.5. The summed E-state index contributed by atoms with van der Waals surface area (Å²) in [7, 11) is 0. The molecule has 1 aromatic heterocycles. The Hall–Kier alpha value is -2.28. The molecule has 2 aromatic rings. The first-order valence-corrected chi connectivity index (χ1v) is 6.13. The van der Waals surface area contributed by atoms with E-state index in [-0.39, 0.29) is 11.1 Å². The molecule has 0 aliphatic rings. The van der Waals surface area contributed by atoms with Crippen molar-refractivity contribution >= 4 is 5.69 Å². The van der Waals surface area contributed by atoms with Gasteiger partial charge in [-0.2, -0.15) is 4.98 Å². The summed E-state index contributed by atoms with van der Waals surface area (Å²) in [5.41, 5.74) is 6.33. The molecule has 0 aliphatic carbocycles. The van der Waals surface area contributed by atoms with Gasteiger partial charge in [0.1, 0.15) is 0 Å². The molecule has 0 saturated heterocycles. The monoisotopic (exact) mass is 276 g/mol. The number of benzene rings is 1. The van der Waals surface area contributed by atoms with Crippen LogP contribution in [0.2, 0.25) is 0 Å². The van der Waals surface area contributed by atoms with Gasteiger partial charge in [-0.05, 0) is 5.41 Å². The fourth-order valence-corrected chi connectivity index (χ4v) is 1.61. The van der Waals surface area contributed by atoms with E-state index in [1.807, 2.05) is 20.8 Å². The van der Waals surface area contributed by atoms with Crippen LogP contribution in [-0.4, -0.2) is 15.1 Å². The lowest BCUT2D eigenvalue weighted by Gasteiger charge is -2.23. The quantitative estimate of drug-likeness (QED) is 0.682. The summed E-state index contributed by atoms with van der Waals surface area (Å²) < 4.78 is 5.15. The van der Waals surface area contributed by atoms with E-state index in [4.69, 9.17) is 10.3 Å². The van der Waals surface area contributed by atoms with Gasteiger partial charge < -0.3 is 10.3 Å². The van der Waals surface area contributed by atoms with Crippen molar-refractivity contribution in [1.82, 2.24) is 10.1 Å². The fraction of sp³-hybridized carbons (Fsp3) is 0.385. The molecule has 2 N–H and O–H groups in total. The van der Waals surface area contributed by atoms with Crippen molar-refractivity contribution in [3.05, 3.63) is 40.3 Å². The first kappa shape index (κ1) is 14.1. The largest absolute Gasteiger partial charge is 0.337 e. The first-order chi connectivity index (χ1) is 9.29. The number of nitrogens with two attached hydrogens (primary N) is 1. The predicted molar refractivity (Wildman–Crippen MR) is 72.8 cm³/mol. The zero-order chi connectivity index (χ0) is 14.9. The Bertz CT molecular complexity index is 631. The maximum Gasteiger partial charge on any atom is 0.270 e. The van der Waals surface area contributed by atoms with E-state index < -0.39 is 11.0 Å². The molecular formula is C13H16N4O3. The Morgan fingerprint density at radius 3 is 2.70 bits per heavy atom. The van der Waals surface area contributed by atoms with Gasteiger partial charge in [0.2, 0.25) is 11.7 Å². The minimum absolute atomic E-state index is 0.0195. The van der Waals surface area contributed by atoms with E-state index in [1.54, 1.807) is 12.1 Å². The number of nitro groups is 1. The van der Waals surface area contributed by atoms with Crippen molar-refractivity contribution in [2.75, 3.05) is 0 Å². The van der Waals surface area contributed by atoms with E-state index in [0.717, 1.165) is 0 Å². The molecule has 0 bridgehead atoms. The smallest absolute Gasteiger partial charge is 0.270 e. The number of non-ortho nitro benzene ring substituents is 1. The highest BCUT2D eigenvalue weighted by molar-refractivity contribution is 5.58. The Morgan fingerprint density at radius 2 is 2.10 bits per heavy atom. The number of nitro benzene ring substituents is 1. The van der Waals surface area contributed by atoms with Crippen LogP contribution < -0.4 is 5.73 Å². The molecule has 1 aromatic carbocycles. The maximum absolute atomic E-state index is 10.8. The van der Waals surface area contributed by atoms with Crippen LogP contribution in [0.3, 0.4) is 0 Å². The van der Waals surface area contributed by atoms with Crippen LogP contribution in [0, 0.1) is 15.5 Å². The van der Waals surface area contributed by atoms with Gasteiger partial charge in [-0.15, -0.1) is 0 Å². The third-order valence-electron chi connectivity index (χ3n) is 2.96. The van der Waals surface area contributed by atoms with Gasteiger partial charge >= 0.3 is 0 Å². The van der Waals surface area contributed by atoms with Crippen molar-refractivity contribution < 1.29 is 9.45 Å². The molecule has 1 atom stereocenters. The van der Waals surface area contributed by atoms with Gasteiger partial charge in [0.25, 0.3) is 5.69 Å². The highest BCUT2D eigenvalue weighted by atomic mass is 16.6. The lowest BCUT2D eigenvalue weighted by atomic mass is 9.87. The molecule has 20 heavy (non-hydrogen) atoms. The van der Waals surface area contributed by atoms with Crippen molar-refractivity contribution in [2.24, 2.45) is 11.1 Å². The molecule has 1 heterocycles. The van der Waals surface area contributed by atoms with Gasteiger partial charge in [-0.25, -0.2) is 0 Å². The van der Waals surface area contributed by atoms with Gasteiger partial charge in [-0.1, -0.05) is 38.1 Å². The second kappa shape index (κ2) is 5.01. The number of hydrogen-bond acceptors (Lipinski definition) is 6. The minimum Gasteiger partial charge on any atom is -0.337 e. The summed E-state index contributed by atoms with van der Waals surface area (Å²) in [4.78, 5) is 14.5. The maximum atomic E-state index is 10.8. The third-order valence-corrected chi connectivity index (χ3v) is 2.96. The second-order valence-corrected chi connectivity index (χ2v) is 5.61. The van der Waals surface area contributed by atoms with Gasteiger partial charge in [0.05, 0.1) is 11.0 Å². The second-order valence-electron chi connectivity index (χ2n) is 5.61. The van der Waals surface area contributed by atoms with E-state index in [1.165, 1.54) is 12.1 Å². The Labute approximate surface area is 115 Å². The van der Waals surface area contributed by atoms with E-state index in [9.17, 15) is 10.1 Å². The van der Waals surface area contributed by atoms with Crippen LogP contribution >= 0.6 is 0 Å². The fourth-order valence-electron chi connectivity index (χ4n) is 1.61. The lowest BCUT2D eigenvalue weighted by molar-refractivity contribution is -0.384. The molecule has 0 fully saturated rings. The van der Waals surface area contributed by atoms with Crippen molar-refractivity contribution in [3.63, 3.8) is 0 Å². The average Bonchev–Trinajstić information content (AvgIpc) is 2.86. The summed E-state index contributed by atoms with van der Waals surface area (Å²) in [6.07, 6.45) is 0. The Balaban J connectivity index is 2.34. The highest BCUT2D eigenvalue weighted by Gasteiger charge is 2.27. The molecule has 0 aliphatic heterocycles. The van der Waals surface area contributed by atoms with Crippen LogP contribution in [0.25, 0.3) is 11.4 Å². The molecule has 1 unspecified atom stereocenters. The highest BCUT2D eigenvalue weighted by Crippen LogP contribution is 2.30. The molecule has 0 spiro atoms. The Morgan fingerprint density at radius 1 is 1.40 bits per heavy atom. The topological polar surface area (TPSA) is 108 Å². The summed E-state index contributed by atoms with van der Waals surface area (Å²) >= 11 is 0. The van der Waals surface area contributed by atoms with Crippen molar-refractivity contribution in [1.29, 1.82) is 0 Å². The Kier molecular flexibility index (Phi) is 3.54. The zero-order valence-corrected chi connectivity index (χ0v) is 11.5. The summed E-state index contributed by atoms with van der Waals surface area (Å²) in [6.45, 7) is 5.90. The molecule has 106 valence electrons. The van der Waals surface area contributed by atoms with Crippen molar-refractivity contribution in [2.45, 2.75) is 26.8 Å². The molecule has 0 amide bonds. The summed E-state index contributed by atoms with van der Waals surface area (Å²) in [6, 6.07) is 5.67. The normalized spacial score (nSPS) is 13.2. The molecule has 0 radical (unpaired) electrons. The first-order valence-electron chi connectivity index (χ1n) is 6.13. The van der Waals surface area contributed by atoms with Gasteiger partial charge in [0.15, 0.2) is 0 Å². The van der Waals surface area contributed by atoms with Crippen molar-refractivity contribution in [3.8, 4) is 11.4 Å². The van der Waals surface area contributed by atoms with Gasteiger partial charge in [-0.3, -0.25) is 10.1 Å². The van der Waals surface area contributed by atoms with E-state index in [0.29, 0.717) is 17.3 Å². The number of nitrogens with zero attached hydrogens (tertiary/aromatic N) is 3. The molecule has 7 heteroatoms. The predicted octanol–water partition coefficient (Wildman–Crippen LogP) is 2.69. The van der Waals surface area contributed by atoms with Crippen LogP contribution in [0.1, 0.15) is 32.7 Å². The third kappa shape index (κ3) is 2.83. The van der Waals surface area contributed by atoms with Crippen LogP contribution in [-0.2, 0) is 0 Å². The number of aromatic nitrogens is 2. The average molecular weight is 276 g/mol. The number of hydrogen-bond donors (Lipinski definition) is 1. The summed E-state index contributed by atoms with van der Waals surface area (Å²) in [5, 5.41) is 14.6. The molecule has 0 saturated carbocycles. The van der Waals surface area contributed by atoms with Crippen LogP contribution in [0.4, 0.5) is 5.69 Å². The lowest BCUT2D eigenvalue weighted by Crippen LogP contribution is -2.26. The molecular weight excluding hydrogens is 260 g/mol. The van der Waals surface area contributed by atoms with Crippen LogP contribution in [0.15, 0.2) is 28.8 Å². The van der Waals surface area contributed by atoms with Gasteiger partial charge in [0, 0.05) is 17.7 Å². The summed E-state index contributed by atoms with van der Waals surface area (Å²) in [5.74, 6) is 0.613. The van der Waals surface area contributed by atoms with Crippen LogP contribution in [0.5, 0.6) is 0 Å². The standard InChI is InChI=1S/C13H16N4O3/c1-13(2,3)10(14)12-15-11(16-20-12)8-5-4-6-9(7-8)17(18)19/h4-7,10H,14H2,1-3H3.